The first-order valence-electron chi connectivity index (χ1n) is 5.51. The Hall–Kier alpha value is -0.0800. The number of β-amino-alcohol motifs (C(OH)–C–C–N with tert-alkyl or cyclic N) is 1. The molecule has 1 rings (SSSR count). The Morgan fingerprint density at radius 2 is 2.23 bits per heavy atom. The minimum atomic E-state index is -0.444. The van der Waals surface area contributed by atoms with Crippen LogP contribution in [0.25, 0.3) is 0 Å². The van der Waals surface area contributed by atoms with Crippen molar-refractivity contribution >= 4 is 0 Å². The summed E-state index contributed by atoms with van der Waals surface area (Å²) in [5, 5.41) is 9.92. The van der Waals surface area contributed by atoms with E-state index in [1.807, 2.05) is 6.92 Å². The summed E-state index contributed by atoms with van der Waals surface area (Å²) in [6.45, 7) is 8.47. The van der Waals surface area contributed by atoms with Crippen LogP contribution in [0.15, 0.2) is 0 Å². The number of hydrogen-bond acceptors (Lipinski definition) is 2. The molecule has 0 aliphatic carbocycles. The smallest absolute Gasteiger partial charge is 0.0746 e. The molecule has 78 valence electrons. The summed E-state index contributed by atoms with van der Waals surface area (Å²) < 4.78 is 0. The van der Waals surface area contributed by atoms with E-state index in [4.69, 9.17) is 0 Å². The summed E-state index contributed by atoms with van der Waals surface area (Å²) >= 11 is 0. The highest BCUT2D eigenvalue weighted by molar-refractivity contribution is 4.84. The number of nitrogens with zero attached hydrogens (tertiary/aromatic N) is 1. The average Bonchev–Trinajstić information content (AvgIpc) is 2.03. The van der Waals surface area contributed by atoms with Crippen LogP contribution in [0.4, 0.5) is 0 Å². The van der Waals surface area contributed by atoms with Crippen molar-refractivity contribution in [2.24, 2.45) is 0 Å². The van der Waals surface area contributed by atoms with E-state index in [0.29, 0.717) is 6.04 Å². The first-order chi connectivity index (χ1) is 6.05. The zero-order valence-corrected chi connectivity index (χ0v) is 9.21. The molecule has 0 bridgehead atoms. The summed E-state index contributed by atoms with van der Waals surface area (Å²) in [6.07, 6.45) is 4.58. The zero-order valence-electron chi connectivity index (χ0n) is 9.21. The first-order valence-corrected chi connectivity index (χ1v) is 5.51. The van der Waals surface area contributed by atoms with Crippen LogP contribution in [0, 0.1) is 0 Å². The molecule has 2 unspecified atom stereocenters. The van der Waals surface area contributed by atoms with Crippen LogP contribution >= 0.6 is 0 Å². The highest BCUT2D eigenvalue weighted by Crippen LogP contribution is 2.22. The van der Waals surface area contributed by atoms with E-state index in [1.165, 1.54) is 12.8 Å². The molecule has 1 heterocycles. The van der Waals surface area contributed by atoms with Crippen molar-refractivity contribution in [1.29, 1.82) is 0 Å². The van der Waals surface area contributed by atoms with E-state index in [9.17, 15) is 5.11 Å². The minimum absolute atomic E-state index is 0.444. The van der Waals surface area contributed by atoms with E-state index < -0.39 is 5.60 Å². The number of hydrogen-bond donors (Lipinski definition) is 1. The monoisotopic (exact) mass is 185 g/mol. The molecule has 0 saturated carbocycles. The number of rotatable bonds is 3. The van der Waals surface area contributed by atoms with E-state index in [1.54, 1.807) is 0 Å². The Morgan fingerprint density at radius 1 is 1.54 bits per heavy atom. The van der Waals surface area contributed by atoms with Crippen LogP contribution in [0.3, 0.4) is 0 Å². The van der Waals surface area contributed by atoms with Gasteiger partial charge in [0, 0.05) is 12.6 Å². The van der Waals surface area contributed by atoms with Gasteiger partial charge in [0.1, 0.15) is 0 Å². The van der Waals surface area contributed by atoms with Gasteiger partial charge in [0.15, 0.2) is 0 Å². The van der Waals surface area contributed by atoms with E-state index in [-0.39, 0.29) is 0 Å². The van der Waals surface area contributed by atoms with Gasteiger partial charge in [-0.2, -0.15) is 0 Å². The van der Waals surface area contributed by atoms with Crippen LogP contribution in [0.5, 0.6) is 0 Å². The quantitative estimate of drug-likeness (QED) is 0.727. The topological polar surface area (TPSA) is 23.5 Å². The third-order valence-corrected chi connectivity index (χ3v) is 3.03. The second kappa shape index (κ2) is 4.43. The third-order valence-electron chi connectivity index (χ3n) is 3.03. The largest absolute Gasteiger partial charge is 0.389 e. The number of aliphatic hydroxyl groups is 1. The number of piperidine rings is 1. The molecule has 0 aromatic carbocycles. The van der Waals surface area contributed by atoms with E-state index in [0.717, 1.165) is 25.9 Å². The summed E-state index contributed by atoms with van der Waals surface area (Å²) in [7, 11) is 0. The molecule has 1 N–H and O–H groups in total. The molecule has 0 amide bonds. The van der Waals surface area contributed by atoms with Gasteiger partial charge in [0.2, 0.25) is 0 Å². The Kier molecular flexibility index (Phi) is 3.74. The molecule has 2 heteroatoms. The van der Waals surface area contributed by atoms with Crippen LogP contribution in [-0.2, 0) is 0 Å². The molecule has 0 aromatic heterocycles. The Morgan fingerprint density at radius 3 is 2.77 bits per heavy atom. The lowest BCUT2D eigenvalue weighted by molar-refractivity contribution is -0.0286. The van der Waals surface area contributed by atoms with Gasteiger partial charge < -0.3 is 5.11 Å². The molecular formula is C11H23NO. The molecular weight excluding hydrogens is 162 g/mol. The third kappa shape index (κ3) is 3.28. The highest BCUT2D eigenvalue weighted by atomic mass is 16.3. The normalized spacial score (nSPS) is 33.2. The molecule has 2 nitrogen and oxygen atoms in total. The molecule has 13 heavy (non-hydrogen) atoms. The van der Waals surface area contributed by atoms with Gasteiger partial charge in [0.25, 0.3) is 0 Å². The van der Waals surface area contributed by atoms with Gasteiger partial charge in [-0.1, -0.05) is 13.3 Å². The van der Waals surface area contributed by atoms with E-state index >= 15 is 0 Å². The maximum Gasteiger partial charge on any atom is 0.0746 e. The van der Waals surface area contributed by atoms with E-state index in [2.05, 4.69) is 18.7 Å². The van der Waals surface area contributed by atoms with Gasteiger partial charge in [-0.05, 0) is 39.7 Å². The predicted octanol–water partition coefficient (Wildman–Crippen LogP) is 2.02. The average molecular weight is 185 g/mol. The lowest BCUT2D eigenvalue weighted by Gasteiger charge is -2.40. The molecule has 2 atom stereocenters. The van der Waals surface area contributed by atoms with Gasteiger partial charge in [-0.25, -0.2) is 0 Å². The molecule has 1 saturated heterocycles. The fourth-order valence-corrected chi connectivity index (χ4v) is 2.24. The molecule has 1 aliphatic rings. The fourth-order valence-electron chi connectivity index (χ4n) is 2.24. The summed E-state index contributed by atoms with van der Waals surface area (Å²) in [5.41, 5.74) is -0.444. The van der Waals surface area contributed by atoms with Crippen LogP contribution in [0.1, 0.15) is 46.5 Å². The standard InChI is InChI=1S/C11H23NO/c1-4-6-10(2)12-8-5-7-11(3,13)9-12/h10,13H,4-9H2,1-3H3. The second-order valence-corrected chi connectivity index (χ2v) is 4.71. The molecule has 0 radical (unpaired) electrons. The van der Waals surface area contributed by atoms with Crippen molar-refractivity contribution in [3.8, 4) is 0 Å². The molecule has 1 aliphatic heterocycles. The predicted molar refractivity (Wildman–Crippen MR) is 55.8 cm³/mol. The van der Waals surface area contributed by atoms with Crippen LogP contribution in [-0.4, -0.2) is 34.7 Å². The minimum Gasteiger partial charge on any atom is -0.389 e. The molecule has 1 fully saturated rings. The zero-order chi connectivity index (χ0) is 9.90. The number of likely N-dealkylation sites (tertiary alicyclic amines) is 1. The van der Waals surface area contributed by atoms with Crippen molar-refractivity contribution in [3.63, 3.8) is 0 Å². The fraction of sp³-hybridized carbons (Fsp3) is 1.00. The molecule has 0 aromatic rings. The van der Waals surface area contributed by atoms with Crippen molar-refractivity contribution in [2.75, 3.05) is 13.1 Å². The summed E-state index contributed by atoms with van der Waals surface area (Å²) in [6, 6.07) is 0.636. The van der Waals surface area contributed by atoms with Crippen molar-refractivity contribution in [3.05, 3.63) is 0 Å². The first kappa shape index (κ1) is 11.0. The van der Waals surface area contributed by atoms with Crippen molar-refractivity contribution in [2.45, 2.75) is 58.1 Å². The van der Waals surface area contributed by atoms with Crippen LogP contribution < -0.4 is 0 Å². The van der Waals surface area contributed by atoms with Gasteiger partial charge in [-0.15, -0.1) is 0 Å². The van der Waals surface area contributed by atoms with Gasteiger partial charge in [-0.3, -0.25) is 4.90 Å². The Balaban J connectivity index is 2.42. The maximum absolute atomic E-state index is 9.92. The van der Waals surface area contributed by atoms with Gasteiger partial charge in [0.05, 0.1) is 5.60 Å². The van der Waals surface area contributed by atoms with Crippen LogP contribution in [0.2, 0.25) is 0 Å². The SMILES string of the molecule is CCCC(C)N1CCCC(C)(O)C1. The summed E-state index contributed by atoms with van der Waals surface area (Å²) in [5.74, 6) is 0. The second-order valence-electron chi connectivity index (χ2n) is 4.71. The van der Waals surface area contributed by atoms with Gasteiger partial charge >= 0.3 is 0 Å². The van der Waals surface area contributed by atoms with Crippen molar-refractivity contribution < 1.29 is 5.11 Å². The van der Waals surface area contributed by atoms with Crippen molar-refractivity contribution in [1.82, 2.24) is 4.90 Å². The Bertz CT molecular complexity index is 156. The lowest BCUT2D eigenvalue weighted by atomic mass is 9.93. The highest BCUT2D eigenvalue weighted by Gasteiger charge is 2.30. The lowest BCUT2D eigenvalue weighted by Crippen LogP contribution is -2.49. The molecule has 0 spiro atoms. The summed E-state index contributed by atoms with van der Waals surface area (Å²) in [4.78, 5) is 2.42. The Labute approximate surface area is 81.9 Å². The maximum atomic E-state index is 9.92.